The van der Waals surface area contributed by atoms with Crippen LogP contribution in [0.5, 0.6) is 0 Å². The monoisotopic (exact) mass is 294 g/mol. The van der Waals surface area contributed by atoms with Crippen molar-refractivity contribution in [2.45, 2.75) is 20.4 Å². The number of imidazole rings is 1. The van der Waals surface area contributed by atoms with Crippen LogP contribution in [0.2, 0.25) is 0 Å². The number of carbonyl (C=O) groups is 1. The summed E-state index contributed by atoms with van der Waals surface area (Å²) in [4.78, 5) is 16.3. The molecule has 3 aromatic rings. The zero-order valence-electron chi connectivity index (χ0n) is 12.7. The summed E-state index contributed by atoms with van der Waals surface area (Å²) in [6.45, 7) is 4.58. The van der Waals surface area contributed by atoms with Crippen molar-refractivity contribution in [2.75, 3.05) is 6.61 Å². The molecule has 0 spiro atoms. The predicted molar refractivity (Wildman–Crippen MR) is 86.0 cm³/mol. The maximum absolute atomic E-state index is 12.1. The molecule has 4 heteroatoms. The van der Waals surface area contributed by atoms with Gasteiger partial charge in [0.25, 0.3) is 0 Å². The molecule has 0 saturated carbocycles. The first kappa shape index (κ1) is 14.3. The number of aromatic nitrogens is 2. The van der Waals surface area contributed by atoms with Crippen molar-refractivity contribution in [3.8, 4) is 0 Å². The molecule has 4 nitrogen and oxygen atoms in total. The van der Waals surface area contributed by atoms with Gasteiger partial charge in [0.05, 0.1) is 18.6 Å². The number of benzene rings is 2. The van der Waals surface area contributed by atoms with Gasteiger partial charge in [0.1, 0.15) is 0 Å². The maximum Gasteiger partial charge on any atom is 0.356 e. The summed E-state index contributed by atoms with van der Waals surface area (Å²) in [6, 6.07) is 14.5. The highest BCUT2D eigenvalue weighted by Crippen LogP contribution is 2.18. The van der Waals surface area contributed by atoms with Gasteiger partial charge in [-0.15, -0.1) is 0 Å². The zero-order valence-corrected chi connectivity index (χ0v) is 12.7. The average Bonchev–Trinajstić information content (AvgIpc) is 2.88. The second kappa shape index (κ2) is 6.02. The molecule has 22 heavy (non-hydrogen) atoms. The smallest absolute Gasteiger partial charge is 0.356 e. The van der Waals surface area contributed by atoms with E-state index in [-0.39, 0.29) is 5.97 Å². The Hall–Kier alpha value is -2.62. The third-order valence-electron chi connectivity index (χ3n) is 3.66. The molecule has 0 aliphatic rings. The van der Waals surface area contributed by atoms with Crippen molar-refractivity contribution in [1.82, 2.24) is 9.55 Å². The Morgan fingerprint density at radius 2 is 1.95 bits per heavy atom. The number of fused-ring (bicyclic) bond motifs is 1. The molecular formula is C18H18N2O2. The number of nitrogens with zero attached hydrogens (tertiary/aromatic N) is 2. The van der Waals surface area contributed by atoms with E-state index >= 15 is 0 Å². The van der Waals surface area contributed by atoms with Crippen LogP contribution in [0.25, 0.3) is 10.8 Å². The van der Waals surface area contributed by atoms with Crippen molar-refractivity contribution in [3.05, 3.63) is 65.7 Å². The lowest BCUT2D eigenvalue weighted by Gasteiger charge is -2.09. The highest BCUT2D eigenvalue weighted by molar-refractivity contribution is 5.89. The Morgan fingerprint density at radius 3 is 2.73 bits per heavy atom. The molecule has 112 valence electrons. The van der Waals surface area contributed by atoms with E-state index < -0.39 is 0 Å². The van der Waals surface area contributed by atoms with E-state index in [9.17, 15) is 4.79 Å². The fraction of sp³-hybridized carbons (Fsp3) is 0.222. The minimum atomic E-state index is -0.321. The van der Waals surface area contributed by atoms with Crippen molar-refractivity contribution in [2.24, 2.45) is 0 Å². The first-order valence-electron chi connectivity index (χ1n) is 7.35. The van der Waals surface area contributed by atoms with Gasteiger partial charge in [-0.25, -0.2) is 9.78 Å². The summed E-state index contributed by atoms with van der Waals surface area (Å²) in [7, 11) is 0. The molecule has 0 unspecified atom stereocenters. The Kier molecular flexibility index (Phi) is 3.92. The van der Waals surface area contributed by atoms with E-state index in [4.69, 9.17) is 4.74 Å². The molecule has 0 radical (unpaired) electrons. The molecule has 0 aliphatic heterocycles. The quantitative estimate of drug-likeness (QED) is 0.691. The van der Waals surface area contributed by atoms with E-state index in [1.54, 1.807) is 13.3 Å². The summed E-state index contributed by atoms with van der Waals surface area (Å²) in [5.41, 5.74) is 2.34. The van der Waals surface area contributed by atoms with Crippen LogP contribution in [0.4, 0.5) is 0 Å². The number of ether oxygens (including phenoxy) is 1. The molecule has 1 heterocycles. The largest absolute Gasteiger partial charge is 0.461 e. The van der Waals surface area contributed by atoms with E-state index in [0.29, 0.717) is 24.5 Å². The fourth-order valence-corrected chi connectivity index (χ4v) is 2.60. The van der Waals surface area contributed by atoms with Crippen LogP contribution in [0.3, 0.4) is 0 Å². The van der Waals surface area contributed by atoms with Gasteiger partial charge in [-0.3, -0.25) is 0 Å². The van der Waals surface area contributed by atoms with Gasteiger partial charge in [0, 0.05) is 6.54 Å². The summed E-state index contributed by atoms with van der Waals surface area (Å²) in [5.74, 6) is -0.321. The first-order chi connectivity index (χ1) is 10.7. The number of hydrogen-bond donors (Lipinski definition) is 0. The maximum atomic E-state index is 12.1. The number of hydrogen-bond acceptors (Lipinski definition) is 3. The molecule has 0 bridgehead atoms. The normalized spacial score (nSPS) is 10.8. The minimum Gasteiger partial charge on any atom is -0.461 e. The van der Waals surface area contributed by atoms with Gasteiger partial charge >= 0.3 is 5.97 Å². The molecular weight excluding hydrogens is 276 g/mol. The Balaban J connectivity index is 1.93. The van der Waals surface area contributed by atoms with E-state index in [0.717, 1.165) is 5.56 Å². The zero-order chi connectivity index (χ0) is 15.5. The standard InChI is InChI=1S/C18H18N2O2/c1-3-22-18(21)17-13(2)19-12-20(17)11-14-8-9-15-6-4-5-7-16(15)10-14/h4-10,12H,3,11H2,1-2H3. The third-order valence-corrected chi connectivity index (χ3v) is 3.66. The highest BCUT2D eigenvalue weighted by Gasteiger charge is 2.17. The van der Waals surface area contributed by atoms with Crippen LogP contribution < -0.4 is 0 Å². The molecule has 2 aromatic carbocycles. The molecule has 0 fully saturated rings. The summed E-state index contributed by atoms with van der Waals surface area (Å²) in [5, 5.41) is 2.40. The fourth-order valence-electron chi connectivity index (χ4n) is 2.60. The van der Waals surface area contributed by atoms with Crippen LogP contribution >= 0.6 is 0 Å². The van der Waals surface area contributed by atoms with Crippen molar-refractivity contribution < 1.29 is 9.53 Å². The summed E-state index contributed by atoms with van der Waals surface area (Å²) >= 11 is 0. The van der Waals surface area contributed by atoms with Crippen LogP contribution in [0.15, 0.2) is 48.8 Å². The molecule has 3 rings (SSSR count). The lowest BCUT2D eigenvalue weighted by Crippen LogP contribution is -2.13. The number of rotatable bonds is 4. The number of aryl methyl sites for hydroxylation is 1. The minimum absolute atomic E-state index is 0.321. The average molecular weight is 294 g/mol. The summed E-state index contributed by atoms with van der Waals surface area (Å²) in [6.07, 6.45) is 1.69. The predicted octanol–water partition coefficient (Wildman–Crippen LogP) is 3.57. The van der Waals surface area contributed by atoms with Crippen LogP contribution in [-0.4, -0.2) is 22.1 Å². The molecule has 0 atom stereocenters. The van der Waals surface area contributed by atoms with Gasteiger partial charge < -0.3 is 9.30 Å². The van der Waals surface area contributed by atoms with Crippen molar-refractivity contribution >= 4 is 16.7 Å². The van der Waals surface area contributed by atoms with Gasteiger partial charge in [0.2, 0.25) is 0 Å². The van der Waals surface area contributed by atoms with Gasteiger partial charge in [0.15, 0.2) is 5.69 Å². The SMILES string of the molecule is CCOC(=O)c1c(C)ncn1Cc1ccc2ccccc2c1. The Labute approximate surface area is 129 Å². The highest BCUT2D eigenvalue weighted by atomic mass is 16.5. The lowest BCUT2D eigenvalue weighted by molar-refractivity contribution is 0.0513. The van der Waals surface area contributed by atoms with E-state index in [2.05, 4.69) is 35.3 Å². The van der Waals surface area contributed by atoms with Gasteiger partial charge in [-0.05, 0) is 36.2 Å². The summed E-state index contributed by atoms with van der Waals surface area (Å²) < 4.78 is 6.96. The second-order valence-corrected chi connectivity index (χ2v) is 5.21. The van der Waals surface area contributed by atoms with Crippen LogP contribution in [0, 0.1) is 6.92 Å². The second-order valence-electron chi connectivity index (χ2n) is 5.21. The van der Waals surface area contributed by atoms with Crippen LogP contribution in [0.1, 0.15) is 28.7 Å². The van der Waals surface area contributed by atoms with E-state index in [1.165, 1.54) is 10.8 Å². The Morgan fingerprint density at radius 1 is 1.18 bits per heavy atom. The Bertz CT molecular complexity index is 821. The van der Waals surface area contributed by atoms with Gasteiger partial charge in [-0.2, -0.15) is 0 Å². The number of carbonyl (C=O) groups excluding carboxylic acids is 1. The van der Waals surface area contributed by atoms with E-state index in [1.807, 2.05) is 23.6 Å². The van der Waals surface area contributed by atoms with Crippen molar-refractivity contribution in [1.29, 1.82) is 0 Å². The topological polar surface area (TPSA) is 44.1 Å². The first-order valence-corrected chi connectivity index (χ1v) is 7.35. The van der Waals surface area contributed by atoms with Crippen LogP contribution in [-0.2, 0) is 11.3 Å². The van der Waals surface area contributed by atoms with Gasteiger partial charge in [-0.1, -0.05) is 36.4 Å². The number of esters is 1. The molecule has 0 aliphatic carbocycles. The molecule has 0 saturated heterocycles. The third kappa shape index (κ3) is 2.72. The lowest BCUT2D eigenvalue weighted by atomic mass is 10.1. The molecule has 0 amide bonds. The molecule has 1 aromatic heterocycles. The molecule has 0 N–H and O–H groups in total. The van der Waals surface area contributed by atoms with Crippen molar-refractivity contribution in [3.63, 3.8) is 0 Å².